The normalized spacial score (nSPS) is 16.6. The van der Waals surface area contributed by atoms with Gasteiger partial charge in [-0.3, -0.25) is 4.90 Å². The maximum absolute atomic E-state index is 5.56. The summed E-state index contributed by atoms with van der Waals surface area (Å²) in [6, 6.07) is 28.9. The van der Waals surface area contributed by atoms with E-state index in [4.69, 9.17) is 18.9 Å². The third-order valence-corrected chi connectivity index (χ3v) is 6.13. The maximum Gasteiger partial charge on any atom is 0.152 e. The number of rotatable bonds is 2. The second-order valence-corrected chi connectivity index (χ2v) is 8.54. The molecule has 33 heavy (non-hydrogen) atoms. The molecular formula is C28H25NO4. The second-order valence-electron chi connectivity index (χ2n) is 8.54. The molecule has 0 amide bonds. The molecule has 0 bridgehead atoms. The van der Waals surface area contributed by atoms with Gasteiger partial charge in [0, 0.05) is 6.54 Å². The fourth-order valence-electron chi connectivity index (χ4n) is 4.56. The van der Waals surface area contributed by atoms with Gasteiger partial charge in [0.25, 0.3) is 0 Å². The Morgan fingerprint density at radius 3 is 1.52 bits per heavy atom. The summed E-state index contributed by atoms with van der Waals surface area (Å²) in [7, 11) is 0. The molecule has 0 N–H and O–H groups in total. The van der Waals surface area contributed by atoms with E-state index in [0.29, 0.717) is 13.5 Å². The maximum atomic E-state index is 5.56. The number of hydrogen-bond acceptors (Lipinski definition) is 5. The number of hydrogen-bond donors (Lipinski definition) is 0. The zero-order valence-electron chi connectivity index (χ0n) is 18.3. The monoisotopic (exact) mass is 439 g/mol. The molecule has 5 aromatic carbocycles. The third kappa shape index (κ3) is 4.42. The van der Waals surface area contributed by atoms with Gasteiger partial charge < -0.3 is 18.9 Å². The molecule has 6 rings (SSSR count). The molecule has 0 radical (unpaired) electrons. The summed E-state index contributed by atoms with van der Waals surface area (Å²) in [5.74, 6) is 0. The first-order valence-electron chi connectivity index (χ1n) is 11.1. The minimum absolute atomic E-state index is 0.185. The van der Waals surface area contributed by atoms with Crippen molar-refractivity contribution in [3.63, 3.8) is 0 Å². The number of fused-ring (bicyclic) bond motifs is 4. The molecule has 0 saturated carbocycles. The van der Waals surface area contributed by atoms with Gasteiger partial charge in [-0.25, -0.2) is 0 Å². The lowest BCUT2D eigenvalue weighted by molar-refractivity contribution is -0.214. The Morgan fingerprint density at radius 2 is 0.939 bits per heavy atom. The van der Waals surface area contributed by atoms with Crippen molar-refractivity contribution in [1.82, 2.24) is 4.90 Å². The Hall–Kier alpha value is -3.06. The lowest BCUT2D eigenvalue weighted by atomic mass is 9.97. The molecule has 5 aromatic rings. The zero-order chi connectivity index (χ0) is 22.0. The van der Waals surface area contributed by atoms with Gasteiger partial charge in [0.2, 0.25) is 0 Å². The van der Waals surface area contributed by atoms with Crippen molar-refractivity contribution in [3.05, 3.63) is 84.4 Å². The van der Waals surface area contributed by atoms with Crippen LogP contribution in [0.1, 0.15) is 5.56 Å². The number of ether oxygens (including phenoxy) is 4. The molecule has 1 heterocycles. The summed E-state index contributed by atoms with van der Waals surface area (Å²) in [6.07, 6.45) is 0. The molecule has 1 aliphatic heterocycles. The molecule has 5 heteroatoms. The smallest absolute Gasteiger partial charge is 0.152 e. The Balaban J connectivity index is 1.34. The van der Waals surface area contributed by atoms with E-state index in [1.54, 1.807) is 0 Å². The predicted molar refractivity (Wildman–Crippen MR) is 131 cm³/mol. The van der Waals surface area contributed by atoms with Crippen LogP contribution < -0.4 is 0 Å². The number of benzene rings is 5. The summed E-state index contributed by atoms with van der Waals surface area (Å²) >= 11 is 0. The van der Waals surface area contributed by atoms with Crippen molar-refractivity contribution < 1.29 is 18.9 Å². The molecule has 0 aromatic heterocycles. The van der Waals surface area contributed by atoms with Crippen LogP contribution in [0.4, 0.5) is 0 Å². The molecule has 1 fully saturated rings. The number of nitrogens with zero attached hydrogens (tertiary/aromatic N) is 1. The Morgan fingerprint density at radius 1 is 0.485 bits per heavy atom. The largest absolute Gasteiger partial charge is 0.340 e. The second kappa shape index (κ2) is 9.06. The third-order valence-electron chi connectivity index (χ3n) is 6.13. The highest BCUT2D eigenvalue weighted by Crippen LogP contribution is 2.30. The quantitative estimate of drug-likeness (QED) is 0.317. The standard InChI is InChI=1S/C28H25NO4/c1-2-4-22-9-26-13-28-11-24-7-20(14-29-15-30-17-32-19-33-18-31-16-29)5-6-23(24)10-27(28)12-25(26)8-21(22)3-1/h1-13H,14-19H2. The van der Waals surface area contributed by atoms with Gasteiger partial charge in [0.1, 0.15) is 13.5 Å². The predicted octanol–water partition coefficient (Wildman–Crippen LogP) is 5.97. The van der Waals surface area contributed by atoms with Gasteiger partial charge >= 0.3 is 0 Å². The first-order chi connectivity index (χ1) is 16.3. The minimum Gasteiger partial charge on any atom is -0.340 e. The molecule has 1 saturated heterocycles. The summed E-state index contributed by atoms with van der Waals surface area (Å²) in [5, 5.41) is 10.1. The van der Waals surface area contributed by atoms with E-state index in [-0.39, 0.29) is 20.4 Å². The van der Waals surface area contributed by atoms with Crippen LogP contribution >= 0.6 is 0 Å². The van der Waals surface area contributed by atoms with Gasteiger partial charge in [0.15, 0.2) is 20.4 Å². The van der Waals surface area contributed by atoms with Gasteiger partial charge in [-0.15, -0.1) is 0 Å². The molecule has 0 unspecified atom stereocenters. The topological polar surface area (TPSA) is 40.2 Å². The zero-order valence-corrected chi connectivity index (χ0v) is 18.3. The first kappa shape index (κ1) is 20.5. The highest BCUT2D eigenvalue weighted by Gasteiger charge is 2.10. The van der Waals surface area contributed by atoms with E-state index < -0.39 is 0 Å². The van der Waals surface area contributed by atoms with Crippen LogP contribution in [0.25, 0.3) is 43.1 Å². The van der Waals surface area contributed by atoms with Gasteiger partial charge in [-0.1, -0.05) is 36.4 Å². The summed E-state index contributed by atoms with van der Waals surface area (Å²) in [6.45, 7) is 2.21. The molecule has 0 spiro atoms. The van der Waals surface area contributed by atoms with Crippen molar-refractivity contribution in [2.24, 2.45) is 0 Å². The summed E-state index contributed by atoms with van der Waals surface area (Å²) in [4.78, 5) is 2.08. The molecular weight excluding hydrogens is 414 g/mol. The Kier molecular flexibility index (Phi) is 5.64. The van der Waals surface area contributed by atoms with Crippen molar-refractivity contribution in [1.29, 1.82) is 0 Å². The molecule has 166 valence electrons. The fourth-order valence-corrected chi connectivity index (χ4v) is 4.56. The Labute approximate surface area is 192 Å². The van der Waals surface area contributed by atoms with E-state index in [1.165, 1.54) is 48.7 Å². The van der Waals surface area contributed by atoms with E-state index in [0.717, 1.165) is 6.54 Å². The lowest BCUT2D eigenvalue weighted by Crippen LogP contribution is -2.31. The molecule has 1 aliphatic rings. The average Bonchev–Trinajstić information content (AvgIpc) is 2.84. The van der Waals surface area contributed by atoms with Crippen molar-refractivity contribution in [3.8, 4) is 0 Å². The van der Waals surface area contributed by atoms with Gasteiger partial charge in [0.05, 0.1) is 0 Å². The Bertz CT molecular complexity index is 1440. The van der Waals surface area contributed by atoms with Gasteiger partial charge in [-0.05, 0) is 91.1 Å². The lowest BCUT2D eigenvalue weighted by Gasteiger charge is -2.23. The van der Waals surface area contributed by atoms with Crippen molar-refractivity contribution >= 4 is 43.1 Å². The highest BCUT2D eigenvalue weighted by molar-refractivity contribution is 6.08. The van der Waals surface area contributed by atoms with Crippen LogP contribution in [-0.2, 0) is 25.5 Å². The van der Waals surface area contributed by atoms with Crippen LogP contribution in [-0.4, -0.2) is 38.7 Å². The molecule has 0 aliphatic carbocycles. The van der Waals surface area contributed by atoms with Crippen LogP contribution in [0.15, 0.2) is 78.9 Å². The summed E-state index contributed by atoms with van der Waals surface area (Å²) < 4.78 is 21.5. The van der Waals surface area contributed by atoms with E-state index in [1.807, 2.05) is 0 Å². The molecule has 5 nitrogen and oxygen atoms in total. The van der Waals surface area contributed by atoms with E-state index >= 15 is 0 Å². The first-order valence-corrected chi connectivity index (χ1v) is 11.1. The van der Waals surface area contributed by atoms with E-state index in [2.05, 4.69) is 83.8 Å². The van der Waals surface area contributed by atoms with Crippen LogP contribution in [0.3, 0.4) is 0 Å². The van der Waals surface area contributed by atoms with Crippen LogP contribution in [0, 0.1) is 0 Å². The average molecular weight is 440 g/mol. The van der Waals surface area contributed by atoms with E-state index in [9.17, 15) is 0 Å². The minimum atomic E-state index is 0.185. The highest BCUT2D eigenvalue weighted by atomic mass is 16.8. The van der Waals surface area contributed by atoms with Gasteiger partial charge in [-0.2, -0.15) is 0 Å². The van der Waals surface area contributed by atoms with Crippen LogP contribution in [0.2, 0.25) is 0 Å². The van der Waals surface area contributed by atoms with Crippen LogP contribution in [0.5, 0.6) is 0 Å². The van der Waals surface area contributed by atoms with Crippen molar-refractivity contribution in [2.75, 3.05) is 33.8 Å². The molecule has 0 atom stereocenters. The summed E-state index contributed by atoms with van der Waals surface area (Å²) in [5.41, 5.74) is 1.21. The SMILES string of the molecule is c1ccc2cc3cc4cc5cc(CN6COCOCOCOC6)ccc5cc4cc3cc2c1. The van der Waals surface area contributed by atoms with Crippen molar-refractivity contribution in [2.45, 2.75) is 6.54 Å². The fraction of sp³-hybridized carbons (Fsp3) is 0.214.